The van der Waals surface area contributed by atoms with E-state index in [2.05, 4.69) is 23.8 Å². The van der Waals surface area contributed by atoms with Gasteiger partial charge in [-0.2, -0.15) is 0 Å². The zero-order valence-corrected chi connectivity index (χ0v) is 10.2. The Hall–Kier alpha value is -0.680. The minimum Gasteiger partial charge on any atom is -0.250 e. The van der Waals surface area contributed by atoms with Gasteiger partial charge < -0.3 is 0 Å². The summed E-state index contributed by atoms with van der Waals surface area (Å²) >= 11 is 3.13. The number of hydrogen-bond acceptors (Lipinski definition) is 4. The van der Waals surface area contributed by atoms with Crippen molar-refractivity contribution < 1.29 is 4.39 Å². The molecule has 0 saturated heterocycles. The van der Waals surface area contributed by atoms with Gasteiger partial charge in [0.1, 0.15) is 16.2 Å². The highest BCUT2D eigenvalue weighted by atomic mass is 32.2. The first kappa shape index (κ1) is 10.8. The van der Waals surface area contributed by atoms with E-state index in [1.807, 2.05) is 0 Å². The predicted octanol–water partition coefficient (Wildman–Crippen LogP) is 3.37. The van der Waals surface area contributed by atoms with Crippen molar-refractivity contribution in [1.29, 1.82) is 0 Å². The predicted molar refractivity (Wildman–Crippen MR) is 63.6 cm³/mol. The first-order chi connectivity index (χ1) is 7.24. The van der Waals surface area contributed by atoms with Crippen molar-refractivity contribution in [3.63, 3.8) is 0 Å². The van der Waals surface area contributed by atoms with Gasteiger partial charge in [-0.05, 0) is 19.4 Å². The Kier molecular flexibility index (Phi) is 3.21. The maximum Gasteiger partial charge on any atom is 0.128 e. The Morgan fingerprint density at radius 1 is 1.40 bits per heavy atom. The second kappa shape index (κ2) is 4.45. The number of fused-ring (bicyclic) bond motifs is 1. The Bertz CT molecular complexity index is 481. The number of alkyl halides is 1. The quantitative estimate of drug-likeness (QED) is 0.609. The molecule has 0 amide bonds. The Morgan fingerprint density at radius 2 is 2.20 bits per heavy atom. The fraction of sp³-hybridized carbons (Fsp3) is 0.400. The molecule has 2 rings (SSSR count). The lowest BCUT2D eigenvalue weighted by molar-refractivity contribution is 0.532. The van der Waals surface area contributed by atoms with Crippen molar-refractivity contribution in [2.45, 2.75) is 18.9 Å². The molecule has 0 aromatic carbocycles. The van der Waals surface area contributed by atoms with Crippen LogP contribution in [0.15, 0.2) is 11.4 Å². The number of thioether (sulfide) groups is 1. The molecular weight excluding hydrogens is 231 g/mol. The Balaban J connectivity index is 2.53. The average molecular weight is 242 g/mol. The highest BCUT2D eigenvalue weighted by Gasteiger charge is 2.11. The molecule has 0 spiro atoms. The normalized spacial score (nSPS) is 11.1. The minimum atomic E-state index is -0.321. The summed E-state index contributed by atoms with van der Waals surface area (Å²) in [6.45, 7) is 3.82. The second-order valence-electron chi connectivity index (χ2n) is 3.18. The van der Waals surface area contributed by atoms with Crippen LogP contribution in [0.4, 0.5) is 4.39 Å². The van der Waals surface area contributed by atoms with Gasteiger partial charge in [0.05, 0.1) is 6.67 Å². The van der Waals surface area contributed by atoms with E-state index < -0.39 is 0 Å². The summed E-state index contributed by atoms with van der Waals surface area (Å²) in [6, 6.07) is 0. The van der Waals surface area contributed by atoms with E-state index in [9.17, 15) is 4.39 Å². The second-order valence-corrected chi connectivity index (χ2v) is 5.47. The summed E-state index contributed by atoms with van der Waals surface area (Å²) in [7, 11) is 0. The van der Waals surface area contributed by atoms with Crippen LogP contribution in [0, 0.1) is 13.8 Å². The summed E-state index contributed by atoms with van der Waals surface area (Å²) in [5, 5.41) is 2.00. The van der Waals surface area contributed by atoms with E-state index in [0.717, 1.165) is 15.2 Å². The smallest absolute Gasteiger partial charge is 0.128 e. The lowest BCUT2D eigenvalue weighted by atomic mass is 10.2. The van der Waals surface area contributed by atoms with Gasteiger partial charge in [0.25, 0.3) is 0 Å². The van der Waals surface area contributed by atoms with E-state index >= 15 is 0 Å². The van der Waals surface area contributed by atoms with E-state index in [1.54, 1.807) is 17.7 Å². The van der Waals surface area contributed by atoms with Crippen molar-refractivity contribution in [3.05, 3.63) is 16.8 Å². The molecule has 15 heavy (non-hydrogen) atoms. The van der Waals surface area contributed by atoms with Crippen LogP contribution in [0.25, 0.3) is 10.2 Å². The van der Waals surface area contributed by atoms with Gasteiger partial charge in [0, 0.05) is 16.0 Å². The zero-order chi connectivity index (χ0) is 10.8. The molecule has 0 aliphatic heterocycles. The first-order valence-corrected chi connectivity index (χ1v) is 6.43. The Morgan fingerprint density at radius 3 is 2.93 bits per heavy atom. The van der Waals surface area contributed by atoms with Crippen LogP contribution >= 0.6 is 23.1 Å². The van der Waals surface area contributed by atoms with Crippen LogP contribution in [0.2, 0.25) is 0 Å². The van der Waals surface area contributed by atoms with Gasteiger partial charge in [-0.15, -0.1) is 23.1 Å². The number of hydrogen-bond donors (Lipinski definition) is 0. The molecule has 2 heterocycles. The lowest BCUT2D eigenvalue weighted by Gasteiger charge is -2.00. The third-order valence-corrected chi connectivity index (χ3v) is 4.30. The van der Waals surface area contributed by atoms with Crippen molar-refractivity contribution in [1.82, 2.24) is 9.97 Å². The van der Waals surface area contributed by atoms with Gasteiger partial charge in [-0.3, -0.25) is 4.39 Å². The highest BCUT2D eigenvalue weighted by Crippen LogP contribution is 2.34. The standard InChI is InChI=1S/C10H11FN2S2/c1-6-7(2)15-10-8(6)9(12-5-13-10)14-4-3-11/h5H,3-4H2,1-2H3. The van der Waals surface area contributed by atoms with Crippen LogP contribution in [0.5, 0.6) is 0 Å². The van der Waals surface area contributed by atoms with Gasteiger partial charge in [-0.25, -0.2) is 9.97 Å². The summed E-state index contributed by atoms with van der Waals surface area (Å²) in [5.74, 6) is 0.459. The van der Waals surface area contributed by atoms with Gasteiger partial charge >= 0.3 is 0 Å². The van der Waals surface area contributed by atoms with Gasteiger partial charge in [0.2, 0.25) is 0 Å². The molecule has 0 fully saturated rings. The number of halogens is 1. The molecule has 5 heteroatoms. The largest absolute Gasteiger partial charge is 0.250 e. The first-order valence-electron chi connectivity index (χ1n) is 4.63. The monoisotopic (exact) mass is 242 g/mol. The summed E-state index contributed by atoms with van der Waals surface area (Å²) < 4.78 is 12.1. The van der Waals surface area contributed by atoms with Crippen LogP contribution in [0.1, 0.15) is 10.4 Å². The van der Waals surface area contributed by atoms with Crippen LogP contribution in [0.3, 0.4) is 0 Å². The van der Waals surface area contributed by atoms with E-state index in [-0.39, 0.29) is 6.67 Å². The van der Waals surface area contributed by atoms with Crippen LogP contribution < -0.4 is 0 Å². The molecule has 0 bridgehead atoms. The Labute approximate surface area is 95.9 Å². The molecule has 0 unspecified atom stereocenters. The molecule has 0 atom stereocenters. The van der Waals surface area contributed by atoms with E-state index in [1.165, 1.54) is 22.2 Å². The molecule has 2 nitrogen and oxygen atoms in total. The van der Waals surface area contributed by atoms with E-state index in [0.29, 0.717) is 5.75 Å². The maximum atomic E-state index is 12.1. The summed E-state index contributed by atoms with van der Waals surface area (Å²) in [5.41, 5.74) is 1.22. The molecule has 2 aromatic rings. The summed E-state index contributed by atoms with van der Waals surface area (Å²) in [6.07, 6.45) is 1.55. The average Bonchev–Trinajstić information content (AvgIpc) is 2.53. The van der Waals surface area contributed by atoms with Crippen molar-refractivity contribution >= 4 is 33.3 Å². The molecule has 0 saturated carbocycles. The van der Waals surface area contributed by atoms with Crippen LogP contribution in [-0.4, -0.2) is 22.4 Å². The number of rotatable bonds is 3. The number of aromatic nitrogens is 2. The molecule has 0 aliphatic carbocycles. The molecule has 0 radical (unpaired) electrons. The third kappa shape index (κ3) is 1.99. The molecular formula is C10H11FN2S2. The molecule has 0 N–H and O–H groups in total. The maximum absolute atomic E-state index is 12.1. The lowest BCUT2D eigenvalue weighted by Crippen LogP contribution is -1.87. The third-order valence-electron chi connectivity index (χ3n) is 2.25. The van der Waals surface area contributed by atoms with Crippen molar-refractivity contribution in [3.8, 4) is 0 Å². The SMILES string of the molecule is Cc1sc2ncnc(SCCF)c2c1C. The fourth-order valence-electron chi connectivity index (χ4n) is 1.39. The van der Waals surface area contributed by atoms with E-state index in [4.69, 9.17) is 0 Å². The summed E-state index contributed by atoms with van der Waals surface area (Å²) in [4.78, 5) is 10.7. The topological polar surface area (TPSA) is 25.8 Å². The fourth-order valence-corrected chi connectivity index (χ4v) is 3.24. The number of aryl methyl sites for hydroxylation is 2. The van der Waals surface area contributed by atoms with Crippen molar-refractivity contribution in [2.24, 2.45) is 0 Å². The van der Waals surface area contributed by atoms with Gasteiger partial charge in [0.15, 0.2) is 0 Å². The van der Waals surface area contributed by atoms with Gasteiger partial charge in [-0.1, -0.05) is 0 Å². The number of nitrogens with zero attached hydrogens (tertiary/aromatic N) is 2. The molecule has 2 aromatic heterocycles. The van der Waals surface area contributed by atoms with Crippen LogP contribution in [-0.2, 0) is 0 Å². The zero-order valence-electron chi connectivity index (χ0n) is 8.58. The highest BCUT2D eigenvalue weighted by molar-refractivity contribution is 7.99. The number of thiophene rings is 1. The van der Waals surface area contributed by atoms with Crippen molar-refractivity contribution in [2.75, 3.05) is 12.4 Å². The molecule has 80 valence electrons. The minimum absolute atomic E-state index is 0.321. The molecule has 0 aliphatic rings.